The van der Waals surface area contributed by atoms with E-state index in [9.17, 15) is 19.8 Å². The largest absolute Gasteiger partial charge is 0.461 e. The standard InChI is InChI=1S/C25H40O5/c1-6-25(4,5)24(29)30-22-14-16(2)13-18-8-7-17(3)21(23(18)22)10-9-19(27)15-20(28)11-12-26/h7-8,12-13,16-17,19-23,27-28H,6,9-11,14-15H2,1-5H3/t16-,17-,19+,20-,21-,22-,23-/m0/s1. The Morgan fingerprint density at radius 2 is 2.00 bits per heavy atom. The molecule has 0 amide bonds. The summed E-state index contributed by atoms with van der Waals surface area (Å²) in [7, 11) is 0. The lowest BCUT2D eigenvalue weighted by Crippen LogP contribution is -2.43. The van der Waals surface area contributed by atoms with Crippen molar-refractivity contribution in [3.05, 3.63) is 23.8 Å². The first-order valence-electron chi connectivity index (χ1n) is 11.5. The summed E-state index contributed by atoms with van der Waals surface area (Å²) in [6.07, 6.45) is 8.92. The van der Waals surface area contributed by atoms with Gasteiger partial charge in [-0.1, -0.05) is 39.0 Å². The molecule has 2 aliphatic rings. The molecule has 2 N–H and O–H groups in total. The lowest BCUT2D eigenvalue weighted by atomic mass is 9.65. The number of fused-ring (bicyclic) bond motifs is 1. The fraction of sp³-hybridized carbons (Fsp3) is 0.760. The molecular weight excluding hydrogens is 380 g/mol. The summed E-state index contributed by atoms with van der Waals surface area (Å²) in [6, 6.07) is 0. The van der Waals surface area contributed by atoms with Crippen molar-refractivity contribution in [2.45, 2.75) is 91.5 Å². The molecule has 0 fully saturated rings. The summed E-state index contributed by atoms with van der Waals surface area (Å²) >= 11 is 0. The van der Waals surface area contributed by atoms with Crippen LogP contribution in [0.4, 0.5) is 0 Å². The number of carbonyl (C=O) groups excluding carboxylic acids is 2. The summed E-state index contributed by atoms with van der Waals surface area (Å²) < 4.78 is 6.11. The van der Waals surface area contributed by atoms with Crippen LogP contribution in [-0.2, 0) is 14.3 Å². The van der Waals surface area contributed by atoms with Crippen LogP contribution >= 0.6 is 0 Å². The third-order valence-electron chi connectivity index (χ3n) is 7.04. The summed E-state index contributed by atoms with van der Waals surface area (Å²) in [4.78, 5) is 23.4. The van der Waals surface area contributed by atoms with Gasteiger partial charge in [-0.2, -0.15) is 0 Å². The minimum absolute atomic E-state index is 0.0538. The molecule has 0 bridgehead atoms. The van der Waals surface area contributed by atoms with Crippen LogP contribution in [0.25, 0.3) is 0 Å². The predicted molar refractivity (Wildman–Crippen MR) is 118 cm³/mol. The second-order valence-electron chi connectivity index (χ2n) is 9.99. The molecule has 5 nitrogen and oxygen atoms in total. The molecule has 0 saturated carbocycles. The first-order valence-corrected chi connectivity index (χ1v) is 11.5. The molecule has 0 aliphatic heterocycles. The predicted octanol–water partition coefficient (Wildman–Crippen LogP) is 4.22. The van der Waals surface area contributed by atoms with E-state index >= 15 is 0 Å². The van der Waals surface area contributed by atoms with E-state index in [-0.39, 0.29) is 36.8 Å². The van der Waals surface area contributed by atoms with Gasteiger partial charge in [0, 0.05) is 12.3 Å². The fourth-order valence-electron chi connectivity index (χ4n) is 4.69. The third kappa shape index (κ3) is 6.27. The second kappa shape index (κ2) is 10.7. The number of esters is 1. The highest BCUT2D eigenvalue weighted by molar-refractivity contribution is 5.76. The van der Waals surface area contributed by atoms with Crippen LogP contribution in [0.3, 0.4) is 0 Å². The van der Waals surface area contributed by atoms with Gasteiger partial charge in [0.05, 0.1) is 17.6 Å². The van der Waals surface area contributed by atoms with Gasteiger partial charge in [-0.25, -0.2) is 0 Å². The molecule has 5 heteroatoms. The highest BCUT2D eigenvalue weighted by Crippen LogP contribution is 2.45. The molecule has 0 aromatic rings. The number of aliphatic hydroxyl groups excluding tert-OH is 2. The van der Waals surface area contributed by atoms with E-state index in [1.165, 1.54) is 5.57 Å². The summed E-state index contributed by atoms with van der Waals surface area (Å²) in [5.74, 6) is 0.912. The van der Waals surface area contributed by atoms with Crippen molar-refractivity contribution >= 4 is 12.3 Å². The van der Waals surface area contributed by atoms with Crippen LogP contribution in [0, 0.1) is 29.1 Å². The maximum atomic E-state index is 12.8. The van der Waals surface area contributed by atoms with Gasteiger partial charge in [-0.05, 0) is 69.3 Å². The van der Waals surface area contributed by atoms with Crippen LogP contribution in [0.15, 0.2) is 23.8 Å². The molecule has 7 atom stereocenters. The zero-order chi connectivity index (χ0) is 22.5. The molecule has 30 heavy (non-hydrogen) atoms. The molecule has 0 aromatic carbocycles. The van der Waals surface area contributed by atoms with Gasteiger partial charge in [0.15, 0.2) is 0 Å². The fourth-order valence-corrected chi connectivity index (χ4v) is 4.69. The molecular formula is C25H40O5. The topological polar surface area (TPSA) is 83.8 Å². The van der Waals surface area contributed by atoms with Crippen LogP contribution in [0.1, 0.15) is 73.1 Å². The zero-order valence-corrected chi connectivity index (χ0v) is 19.2. The Kier molecular flexibility index (Phi) is 8.86. The maximum Gasteiger partial charge on any atom is 0.311 e. The quantitative estimate of drug-likeness (QED) is 0.408. The average molecular weight is 421 g/mol. The lowest BCUT2D eigenvalue weighted by Gasteiger charge is -2.44. The van der Waals surface area contributed by atoms with Gasteiger partial charge in [0.1, 0.15) is 12.4 Å². The normalized spacial score (nSPS) is 30.8. The monoisotopic (exact) mass is 420 g/mol. The van der Waals surface area contributed by atoms with E-state index in [1.807, 2.05) is 20.8 Å². The molecule has 0 spiro atoms. The highest BCUT2D eigenvalue weighted by Gasteiger charge is 2.42. The van der Waals surface area contributed by atoms with Crippen molar-refractivity contribution in [2.75, 3.05) is 0 Å². The van der Waals surface area contributed by atoms with E-state index in [4.69, 9.17) is 4.74 Å². The number of hydrogen-bond acceptors (Lipinski definition) is 5. The third-order valence-corrected chi connectivity index (χ3v) is 7.04. The summed E-state index contributed by atoms with van der Waals surface area (Å²) in [5.41, 5.74) is 0.737. The van der Waals surface area contributed by atoms with Gasteiger partial charge in [0.2, 0.25) is 0 Å². The Hall–Kier alpha value is -1.46. The van der Waals surface area contributed by atoms with Crippen molar-refractivity contribution in [3.8, 4) is 0 Å². The van der Waals surface area contributed by atoms with Crippen LogP contribution < -0.4 is 0 Å². The molecule has 0 saturated heterocycles. The number of allylic oxidation sites excluding steroid dienone is 3. The first kappa shape index (κ1) is 24.8. The van der Waals surface area contributed by atoms with Crippen LogP contribution in [-0.4, -0.2) is 40.8 Å². The Bertz CT molecular complexity index is 650. The van der Waals surface area contributed by atoms with Gasteiger partial charge in [0.25, 0.3) is 0 Å². The Morgan fingerprint density at radius 3 is 2.63 bits per heavy atom. The van der Waals surface area contributed by atoms with E-state index in [1.54, 1.807) is 0 Å². The van der Waals surface area contributed by atoms with Gasteiger partial charge < -0.3 is 19.7 Å². The molecule has 0 radical (unpaired) electrons. The molecule has 2 rings (SSSR count). The minimum atomic E-state index is -0.794. The van der Waals surface area contributed by atoms with Crippen molar-refractivity contribution in [2.24, 2.45) is 29.1 Å². The van der Waals surface area contributed by atoms with Crippen LogP contribution in [0.2, 0.25) is 0 Å². The minimum Gasteiger partial charge on any atom is -0.461 e. The first-order chi connectivity index (χ1) is 14.1. The van der Waals surface area contributed by atoms with Crippen molar-refractivity contribution in [3.63, 3.8) is 0 Å². The molecule has 0 unspecified atom stereocenters. The van der Waals surface area contributed by atoms with Crippen molar-refractivity contribution in [1.29, 1.82) is 0 Å². The van der Waals surface area contributed by atoms with E-state index in [0.717, 1.165) is 19.3 Å². The van der Waals surface area contributed by atoms with Gasteiger partial charge >= 0.3 is 5.97 Å². The van der Waals surface area contributed by atoms with Crippen molar-refractivity contribution in [1.82, 2.24) is 0 Å². The van der Waals surface area contributed by atoms with E-state index in [2.05, 4.69) is 32.1 Å². The lowest BCUT2D eigenvalue weighted by molar-refractivity contribution is -0.164. The number of aldehydes is 1. The number of hydrogen-bond donors (Lipinski definition) is 2. The molecule has 2 aliphatic carbocycles. The molecule has 0 aromatic heterocycles. The maximum absolute atomic E-state index is 12.8. The van der Waals surface area contributed by atoms with Crippen LogP contribution in [0.5, 0.6) is 0 Å². The zero-order valence-electron chi connectivity index (χ0n) is 19.2. The SMILES string of the molecule is CCC(C)(C)C(=O)O[C@H]1C[C@@H](C)C=C2C=C[C@H](C)[C@H](CC[C@@H](O)C[C@@H](O)CC=O)[C@H]21. The summed E-state index contributed by atoms with van der Waals surface area (Å²) in [5, 5.41) is 20.2. The Labute approximate surface area is 181 Å². The van der Waals surface area contributed by atoms with E-state index < -0.39 is 17.6 Å². The van der Waals surface area contributed by atoms with Gasteiger partial charge in [-0.3, -0.25) is 4.79 Å². The second-order valence-corrected chi connectivity index (χ2v) is 9.99. The Morgan fingerprint density at radius 1 is 1.30 bits per heavy atom. The van der Waals surface area contributed by atoms with Gasteiger partial charge in [-0.15, -0.1) is 0 Å². The number of ether oxygens (including phenoxy) is 1. The highest BCUT2D eigenvalue weighted by atomic mass is 16.5. The molecule has 0 heterocycles. The average Bonchev–Trinajstić information content (AvgIpc) is 2.67. The smallest absolute Gasteiger partial charge is 0.311 e. The number of aliphatic hydroxyl groups is 2. The Balaban J connectivity index is 2.14. The number of rotatable bonds is 10. The summed E-state index contributed by atoms with van der Waals surface area (Å²) in [6.45, 7) is 10.2. The van der Waals surface area contributed by atoms with E-state index in [0.29, 0.717) is 24.5 Å². The molecule has 170 valence electrons. The number of carbonyl (C=O) groups is 2. The van der Waals surface area contributed by atoms with Crippen molar-refractivity contribution < 1.29 is 24.5 Å².